The van der Waals surface area contributed by atoms with Gasteiger partial charge in [-0.3, -0.25) is 24.0 Å². The lowest BCUT2D eigenvalue weighted by Crippen LogP contribution is -2.47. The fraction of sp³-hybridized carbons (Fsp3) is 0.679. The molecule has 1 aromatic heterocycles. The number of nitrogens with zero attached hydrogens (tertiary/aromatic N) is 4. The molecule has 0 bridgehead atoms. The zero-order valence-corrected chi connectivity index (χ0v) is 22.3. The Bertz CT molecular complexity index is 1280. The van der Waals surface area contributed by atoms with Crippen molar-refractivity contribution in [2.45, 2.75) is 57.4 Å². The Morgan fingerprint density at radius 2 is 1.68 bits per heavy atom. The Morgan fingerprint density at radius 1 is 0.974 bits per heavy atom. The predicted octanol–water partition coefficient (Wildman–Crippen LogP) is 2.14. The van der Waals surface area contributed by atoms with Crippen molar-refractivity contribution in [3.63, 3.8) is 0 Å². The quantitative estimate of drug-likeness (QED) is 0.594. The first-order valence-electron chi connectivity index (χ1n) is 14.3. The van der Waals surface area contributed by atoms with E-state index in [9.17, 15) is 14.4 Å². The summed E-state index contributed by atoms with van der Waals surface area (Å²) >= 11 is 0. The fourth-order valence-corrected chi connectivity index (χ4v) is 7.28. The van der Waals surface area contributed by atoms with Crippen molar-refractivity contribution >= 4 is 28.5 Å². The Morgan fingerprint density at radius 3 is 2.37 bits per heavy atom. The molecule has 2 amide bonds. The van der Waals surface area contributed by atoms with Gasteiger partial charge in [0, 0.05) is 33.1 Å². The molecule has 0 saturated carbocycles. The smallest absolute Gasteiger partial charge is 0.329 e. The lowest BCUT2D eigenvalue weighted by atomic mass is 9.71. The largest absolute Gasteiger partial charge is 0.369 e. The van der Waals surface area contributed by atoms with E-state index < -0.39 is 23.5 Å². The number of amides is 2. The minimum atomic E-state index is -0.815. The van der Waals surface area contributed by atoms with Gasteiger partial charge < -0.3 is 15.1 Å². The van der Waals surface area contributed by atoms with E-state index in [2.05, 4.69) is 20.4 Å². The molecule has 206 valence electrons. The van der Waals surface area contributed by atoms with Crippen molar-refractivity contribution < 1.29 is 14.0 Å². The van der Waals surface area contributed by atoms with Gasteiger partial charge in [-0.15, -0.1) is 0 Å². The summed E-state index contributed by atoms with van der Waals surface area (Å²) in [5, 5.41) is 5.80. The summed E-state index contributed by atoms with van der Waals surface area (Å²) < 4.78 is 18.5. The molecule has 1 spiro atoms. The number of hydrogen-bond donors (Lipinski definition) is 2. The van der Waals surface area contributed by atoms with E-state index in [-0.39, 0.29) is 24.3 Å². The zero-order chi connectivity index (χ0) is 26.4. The third-order valence-electron chi connectivity index (χ3n) is 9.74. The van der Waals surface area contributed by atoms with Gasteiger partial charge in [0.05, 0.1) is 11.2 Å². The van der Waals surface area contributed by atoms with Gasteiger partial charge in [-0.25, -0.2) is 9.18 Å². The predicted molar refractivity (Wildman–Crippen MR) is 144 cm³/mol. The van der Waals surface area contributed by atoms with Gasteiger partial charge in [0.2, 0.25) is 11.8 Å². The van der Waals surface area contributed by atoms with Crippen LogP contribution < -0.4 is 21.2 Å². The van der Waals surface area contributed by atoms with Gasteiger partial charge in [0.1, 0.15) is 11.6 Å². The normalized spacial score (nSPS) is 25.3. The van der Waals surface area contributed by atoms with Crippen molar-refractivity contribution in [2.24, 2.45) is 18.4 Å². The third-order valence-corrected chi connectivity index (χ3v) is 9.74. The molecule has 4 fully saturated rings. The molecule has 1 unspecified atom stereocenters. The summed E-state index contributed by atoms with van der Waals surface area (Å²) in [5.41, 5.74) is 1.23. The highest BCUT2D eigenvalue weighted by atomic mass is 19.1. The van der Waals surface area contributed by atoms with E-state index in [1.807, 2.05) is 0 Å². The second-order valence-corrected chi connectivity index (χ2v) is 11.9. The molecule has 1 aromatic carbocycles. The van der Waals surface area contributed by atoms with Gasteiger partial charge in [0.25, 0.3) is 0 Å². The second-order valence-electron chi connectivity index (χ2n) is 11.9. The Kier molecular flexibility index (Phi) is 6.80. The summed E-state index contributed by atoms with van der Waals surface area (Å²) in [5.74, 6) is -0.655. The molecule has 10 heteroatoms. The molecular formula is C28H39FN6O3. The number of hydrogen-bond acceptors (Lipinski definition) is 6. The number of anilines is 1. The number of aromatic nitrogens is 2. The van der Waals surface area contributed by atoms with Crippen LogP contribution in [0.3, 0.4) is 0 Å². The molecule has 4 saturated heterocycles. The summed E-state index contributed by atoms with van der Waals surface area (Å²) in [4.78, 5) is 41.8. The molecule has 9 nitrogen and oxygen atoms in total. The van der Waals surface area contributed by atoms with Crippen molar-refractivity contribution in [2.75, 3.05) is 50.7 Å². The first kappa shape index (κ1) is 25.6. The fourth-order valence-electron chi connectivity index (χ4n) is 7.28. The number of imidazole rings is 1. The first-order chi connectivity index (χ1) is 18.3. The van der Waals surface area contributed by atoms with Gasteiger partial charge >= 0.3 is 5.69 Å². The number of halogens is 1. The third kappa shape index (κ3) is 4.55. The molecule has 2 aromatic rings. The average molecular weight is 527 g/mol. The van der Waals surface area contributed by atoms with Crippen molar-refractivity contribution in [3.8, 4) is 0 Å². The van der Waals surface area contributed by atoms with Crippen LogP contribution in [0.5, 0.6) is 0 Å². The SMILES string of the molecule is Cn1c(=O)n(C2CCC(=O)NC2=O)c2ccc(N3CCC(CN4CCC5(CCNCC5)CC4)CC3)c(F)c21. The summed E-state index contributed by atoms with van der Waals surface area (Å²) in [6.45, 7) is 7.43. The minimum Gasteiger partial charge on any atom is -0.369 e. The second kappa shape index (κ2) is 10.1. The van der Waals surface area contributed by atoms with Gasteiger partial charge in [-0.2, -0.15) is 0 Å². The van der Waals surface area contributed by atoms with Crippen LogP contribution in [0.25, 0.3) is 11.0 Å². The highest BCUT2D eigenvalue weighted by molar-refractivity contribution is 6.00. The average Bonchev–Trinajstić information content (AvgIpc) is 3.17. The first-order valence-corrected chi connectivity index (χ1v) is 14.3. The Hall–Kier alpha value is -2.72. The zero-order valence-electron chi connectivity index (χ0n) is 22.3. The Labute approximate surface area is 222 Å². The van der Waals surface area contributed by atoms with E-state index >= 15 is 4.39 Å². The van der Waals surface area contributed by atoms with E-state index in [0.29, 0.717) is 22.5 Å². The van der Waals surface area contributed by atoms with E-state index in [1.165, 1.54) is 47.9 Å². The maximum atomic E-state index is 15.9. The van der Waals surface area contributed by atoms with Crippen LogP contribution in [0.1, 0.15) is 57.4 Å². The molecule has 6 rings (SSSR count). The van der Waals surface area contributed by atoms with E-state index in [1.54, 1.807) is 19.2 Å². The summed E-state index contributed by atoms with van der Waals surface area (Å²) in [6.07, 6.45) is 7.71. The van der Waals surface area contributed by atoms with Crippen LogP contribution in [0.2, 0.25) is 0 Å². The molecule has 0 aliphatic carbocycles. The molecule has 5 heterocycles. The number of piperidine rings is 4. The number of benzene rings is 1. The lowest BCUT2D eigenvalue weighted by molar-refractivity contribution is -0.135. The van der Waals surface area contributed by atoms with Crippen LogP contribution >= 0.6 is 0 Å². The number of rotatable bonds is 4. The minimum absolute atomic E-state index is 0.157. The van der Waals surface area contributed by atoms with Crippen molar-refractivity contribution in [1.29, 1.82) is 0 Å². The van der Waals surface area contributed by atoms with Gasteiger partial charge in [0.15, 0.2) is 5.82 Å². The molecule has 4 aliphatic heterocycles. The van der Waals surface area contributed by atoms with Gasteiger partial charge in [-0.05, 0) is 94.6 Å². The van der Waals surface area contributed by atoms with E-state index in [0.717, 1.165) is 45.6 Å². The summed E-state index contributed by atoms with van der Waals surface area (Å²) in [6, 6.07) is 2.67. The maximum Gasteiger partial charge on any atom is 0.329 e. The molecule has 2 N–H and O–H groups in total. The number of fused-ring (bicyclic) bond motifs is 1. The molecule has 38 heavy (non-hydrogen) atoms. The van der Waals surface area contributed by atoms with Crippen LogP contribution in [-0.2, 0) is 16.6 Å². The van der Waals surface area contributed by atoms with Crippen LogP contribution in [0.15, 0.2) is 16.9 Å². The van der Waals surface area contributed by atoms with Crippen molar-refractivity contribution in [3.05, 3.63) is 28.4 Å². The van der Waals surface area contributed by atoms with Crippen LogP contribution in [-0.4, -0.2) is 71.7 Å². The number of aryl methyl sites for hydroxylation is 1. The molecular weight excluding hydrogens is 487 g/mol. The topological polar surface area (TPSA) is 91.6 Å². The van der Waals surface area contributed by atoms with Crippen LogP contribution in [0.4, 0.5) is 10.1 Å². The van der Waals surface area contributed by atoms with Gasteiger partial charge in [-0.1, -0.05) is 0 Å². The maximum absolute atomic E-state index is 15.9. The monoisotopic (exact) mass is 526 g/mol. The molecule has 0 radical (unpaired) electrons. The van der Waals surface area contributed by atoms with E-state index in [4.69, 9.17) is 0 Å². The molecule has 1 atom stereocenters. The Balaban J connectivity index is 1.12. The number of likely N-dealkylation sites (tertiary alicyclic amines) is 1. The molecule has 4 aliphatic rings. The number of nitrogens with one attached hydrogen (secondary N) is 2. The highest BCUT2D eigenvalue weighted by Crippen LogP contribution is 2.40. The standard InChI is InChI=1S/C28H39FN6O3/c1-32-25-21(35(27(32)38)22-4-5-23(36)31-26(22)37)3-2-20(24(25)29)34-14-6-19(7-15-34)18-33-16-10-28(11-17-33)8-12-30-13-9-28/h2-3,19,22,30H,4-18H2,1H3,(H,31,36,37). The highest BCUT2D eigenvalue weighted by Gasteiger charge is 2.36. The lowest BCUT2D eigenvalue weighted by Gasteiger charge is -2.45. The number of imide groups is 1. The summed E-state index contributed by atoms with van der Waals surface area (Å²) in [7, 11) is 1.54. The number of carbonyl (C=O) groups is 2. The van der Waals surface area contributed by atoms with Crippen molar-refractivity contribution in [1.82, 2.24) is 24.7 Å². The van der Waals surface area contributed by atoms with Crippen LogP contribution in [0, 0.1) is 17.2 Å². The number of carbonyl (C=O) groups excluding carboxylic acids is 2.